The highest BCUT2D eigenvalue weighted by atomic mass is 32.2. The number of fused-ring (bicyclic) bond motifs is 5. The van der Waals surface area contributed by atoms with Gasteiger partial charge in [0.25, 0.3) is 0 Å². The van der Waals surface area contributed by atoms with Crippen molar-refractivity contribution >= 4 is 59.5 Å². The minimum absolute atomic E-state index is 0.0687. The molecule has 3 heterocycles. The third kappa shape index (κ3) is 3.85. The van der Waals surface area contributed by atoms with Crippen LogP contribution in [-0.4, -0.2) is 19.9 Å². The predicted octanol–water partition coefficient (Wildman–Crippen LogP) is 7.78. The van der Waals surface area contributed by atoms with Crippen LogP contribution >= 0.6 is 11.8 Å². The van der Waals surface area contributed by atoms with Crippen LogP contribution in [0.15, 0.2) is 124 Å². The van der Waals surface area contributed by atoms with Crippen molar-refractivity contribution in [3.8, 4) is 5.75 Å². The zero-order chi connectivity index (χ0) is 31.4. The molecule has 0 saturated heterocycles. The first-order chi connectivity index (χ1) is 22.3. The maximum atomic E-state index is 10.9. The summed E-state index contributed by atoms with van der Waals surface area (Å²) in [6, 6.07) is 38.2. The second kappa shape index (κ2) is 10.0. The number of para-hydroxylation sites is 1. The van der Waals surface area contributed by atoms with E-state index in [1.807, 2.05) is 23.9 Å². The summed E-state index contributed by atoms with van der Waals surface area (Å²) < 4.78 is 0. The van der Waals surface area contributed by atoms with Gasteiger partial charge >= 0.3 is 0 Å². The molecule has 46 heavy (non-hydrogen) atoms. The fourth-order valence-corrected chi connectivity index (χ4v) is 14.0. The Morgan fingerprint density at radius 2 is 1.57 bits per heavy atom. The Labute approximate surface area is 278 Å². The summed E-state index contributed by atoms with van der Waals surface area (Å²) >= 11 is 1.93. The van der Waals surface area contributed by atoms with E-state index in [9.17, 15) is 5.11 Å². The van der Waals surface area contributed by atoms with E-state index >= 15 is 0 Å². The Morgan fingerprint density at radius 3 is 2.41 bits per heavy atom. The fourth-order valence-electron chi connectivity index (χ4n) is 9.23. The van der Waals surface area contributed by atoms with E-state index in [0.717, 1.165) is 6.42 Å². The van der Waals surface area contributed by atoms with Gasteiger partial charge in [0.05, 0.1) is 0 Å². The van der Waals surface area contributed by atoms with Gasteiger partial charge in [0.15, 0.2) is 0 Å². The molecule has 5 aromatic carbocycles. The molecule has 3 aliphatic heterocycles. The van der Waals surface area contributed by atoms with Crippen LogP contribution in [0.4, 0.5) is 11.4 Å². The molecule has 1 atom stereocenters. The third-order valence-electron chi connectivity index (χ3n) is 11.4. The van der Waals surface area contributed by atoms with Gasteiger partial charge in [-0.15, -0.1) is 0 Å². The van der Waals surface area contributed by atoms with Gasteiger partial charge in [-0.25, -0.2) is 0 Å². The van der Waals surface area contributed by atoms with E-state index in [-0.39, 0.29) is 12.1 Å². The molecule has 0 bridgehead atoms. The van der Waals surface area contributed by atoms with Gasteiger partial charge in [-0.05, 0) is 103 Å². The first-order valence-corrected chi connectivity index (χ1v) is 20.6. The molecular formula is C41H38BNOSSi. The quantitative estimate of drug-likeness (QED) is 0.198. The molecular weight excluding hydrogens is 593 g/mol. The normalized spacial score (nSPS) is 20.3. The molecule has 9 rings (SSSR count). The van der Waals surface area contributed by atoms with E-state index in [0.29, 0.717) is 5.75 Å². The molecule has 0 amide bonds. The molecule has 0 aromatic heterocycles. The number of anilines is 2. The van der Waals surface area contributed by atoms with Crippen LogP contribution in [-0.2, 0) is 5.41 Å². The van der Waals surface area contributed by atoms with Crippen LogP contribution in [0.1, 0.15) is 54.9 Å². The number of hydrogen-bond donors (Lipinski definition) is 1. The fraction of sp³-hybridized carbons (Fsp3) is 0.220. The Morgan fingerprint density at radius 1 is 0.783 bits per heavy atom. The highest BCUT2D eigenvalue weighted by Crippen LogP contribution is 2.47. The van der Waals surface area contributed by atoms with Crippen LogP contribution in [0.25, 0.3) is 0 Å². The zero-order valence-corrected chi connectivity index (χ0v) is 28.8. The van der Waals surface area contributed by atoms with E-state index < -0.39 is 8.07 Å². The molecule has 5 heteroatoms. The molecule has 1 unspecified atom stereocenters. The van der Waals surface area contributed by atoms with E-state index in [4.69, 9.17) is 0 Å². The summed E-state index contributed by atoms with van der Waals surface area (Å²) in [7, 11) is -1.72. The lowest BCUT2D eigenvalue weighted by Crippen LogP contribution is -2.63. The Hall–Kier alpha value is -3.93. The summed E-state index contributed by atoms with van der Waals surface area (Å²) in [6.07, 6.45) is 4.96. The number of aryl methyl sites for hydroxylation is 1. The second-order valence-corrected chi connectivity index (χ2v) is 19.8. The number of allylic oxidation sites excluding steroid dienone is 2. The summed E-state index contributed by atoms with van der Waals surface area (Å²) in [5.41, 5.74) is 13.1. The molecule has 0 fully saturated rings. The van der Waals surface area contributed by atoms with Crippen molar-refractivity contribution in [3.05, 3.63) is 136 Å². The van der Waals surface area contributed by atoms with Crippen molar-refractivity contribution in [1.29, 1.82) is 0 Å². The summed E-state index contributed by atoms with van der Waals surface area (Å²) in [5, 5.41) is 14.2. The number of nitrogens with zero attached hydrogens (tertiary/aromatic N) is 1. The highest BCUT2D eigenvalue weighted by molar-refractivity contribution is 8.00. The van der Waals surface area contributed by atoms with Crippen LogP contribution in [0, 0.1) is 6.92 Å². The van der Waals surface area contributed by atoms with Crippen molar-refractivity contribution in [3.63, 3.8) is 0 Å². The lowest BCUT2D eigenvalue weighted by atomic mass is 9.31. The monoisotopic (exact) mass is 631 g/mol. The maximum absolute atomic E-state index is 10.9. The number of phenolic OH excluding ortho intramolecular Hbond substituents is 1. The SMILES string of the molecule is Cc1cc2c3c(c1)C(C)(c1ccccc1)c1ccc(O)cc1B3c1ccc(N3C4=C(CCCC4)[Si](C)(C)c4ccccc43)cc1S2. The topological polar surface area (TPSA) is 23.5 Å². The number of hydrogen-bond acceptors (Lipinski definition) is 3. The molecule has 226 valence electrons. The predicted molar refractivity (Wildman–Crippen MR) is 198 cm³/mol. The molecule has 0 saturated carbocycles. The molecule has 4 aliphatic rings. The van der Waals surface area contributed by atoms with Crippen molar-refractivity contribution in [2.45, 2.75) is 67.8 Å². The molecule has 5 aromatic rings. The molecule has 1 aliphatic carbocycles. The van der Waals surface area contributed by atoms with Gasteiger partial charge in [0.2, 0.25) is 6.71 Å². The lowest BCUT2D eigenvalue weighted by molar-refractivity contribution is 0.475. The maximum Gasteiger partial charge on any atom is 0.245 e. The van der Waals surface area contributed by atoms with Gasteiger partial charge in [0.1, 0.15) is 13.8 Å². The van der Waals surface area contributed by atoms with Crippen molar-refractivity contribution < 1.29 is 5.11 Å². The van der Waals surface area contributed by atoms with Crippen LogP contribution in [0.5, 0.6) is 5.75 Å². The number of benzene rings is 5. The molecule has 2 nitrogen and oxygen atoms in total. The van der Waals surface area contributed by atoms with Crippen LogP contribution in [0.2, 0.25) is 13.1 Å². The van der Waals surface area contributed by atoms with Gasteiger partial charge < -0.3 is 10.0 Å². The second-order valence-electron chi connectivity index (χ2n) is 14.4. The summed E-state index contributed by atoms with van der Waals surface area (Å²) in [4.78, 5) is 5.28. The van der Waals surface area contributed by atoms with E-state index in [2.05, 4.69) is 123 Å². The molecule has 0 radical (unpaired) electrons. The van der Waals surface area contributed by atoms with Gasteiger partial charge in [0, 0.05) is 32.3 Å². The lowest BCUT2D eigenvalue weighted by Gasteiger charge is -2.46. The number of aromatic hydroxyl groups is 1. The Balaban J connectivity index is 1.27. The number of phenols is 1. The average Bonchev–Trinajstić information content (AvgIpc) is 3.06. The van der Waals surface area contributed by atoms with Crippen LogP contribution in [0.3, 0.4) is 0 Å². The summed E-state index contributed by atoms with van der Waals surface area (Å²) in [6.45, 7) is 9.80. The number of rotatable bonds is 2. The summed E-state index contributed by atoms with van der Waals surface area (Å²) in [5.74, 6) is 0.330. The largest absolute Gasteiger partial charge is 0.508 e. The van der Waals surface area contributed by atoms with E-state index in [1.54, 1.807) is 16.1 Å². The minimum Gasteiger partial charge on any atom is -0.508 e. The highest BCUT2D eigenvalue weighted by Gasteiger charge is 2.48. The zero-order valence-electron chi connectivity index (χ0n) is 27.0. The first-order valence-electron chi connectivity index (χ1n) is 16.7. The van der Waals surface area contributed by atoms with E-state index in [1.165, 1.54) is 79.1 Å². The smallest absolute Gasteiger partial charge is 0.245 e. The molecule has 0 spiro atoms. The Kier molecular flexibility index (Phi) is 6.17. The van der Waals surface area contributed by atoms with Crippen molar-refractivity contribution in [2.24, 2.45) is 0 Å². The first kappa shape index (κ1) is 28.3. The van der Waals surface area contributed by atoms with Crippen LogP contribution < -0.4 is 26.5 Å². The minimum atomic E-state index is -1.72. The van der Waals surface area contributed by atoms with Crippen molar-refractivity contribution in [2.75, 3.05) is 4.90 Å². The Bertz CT molecular complexity index is 2120. The standard InChI is InChI=1S/C41H38BNOSSi/c1-26-22-31-40-37(23-26)45-36-24-28(43-34-14-8-10-16-38(34)46(3,4)39-17-11-9-15-35(39)43)18-21-32(36)42(40)33-25-29(44)19-20-30(33)41(31,2)27-12-6-5-7-13-27/h5-8,10,12-14,16,18-25,44H,9,11,15,17H2,1-4H3. The van der Waals surface area contributed by atoms with Gasteiger partial charge in [-0.2, -0.15) is 0 Å². The third-order valence-corrected chi connectivity index (χ3v) is 16.4. The van der Waals surface area contributed by atoms with Gasteiger partial charge in [-0.1, -0.05) is 113 Å². The molecule has 1 N–H and O–H groups in total. The van der Waals surface area contributed by atoms with Gasteiger partial charge in [-0.3, -0.25) is 0 Å². The van der Waals surface area contributed by atoms with Crippen molar-refractivity contribution in [1.82, 2.24) is 0 Å². The average molecular weight is 632 g/mol.